The molecular formula is C11H13Cl2O4P. The van der Waals surface area contributed by atoms with Crippen molar-refractivity contribution in [2.75, 3.05) is 6.61 Å². The molecule has 1 heterocycles. The Morgan fingerprint density at radius 3 is 2.72 bits per heavy atom. The Balaban J connectivity index is 2.43. The van der Waals surface area contributed by atoms with E-state index < -0.39 is 19.3 Å². The number of halogens is 2. The Kier molecular flexibility index (Phi) is 3.81. The molecule has 0 bridgehead atoms. The van der Waals surface area contributed by atoms with Crippen molar-refractivity contribution in [3.8, 4) is 0 Å². The average molecular weight is 311 g/mol. The Labute approximate surface area is 115 Å². The van der Waals surface area contributed by atoms with E-state index in [1.807, 2.05) is 13.8 Å². The van der Waals surface area contributed by atoms with Crippen LogP contribution in [0.25, 0.3) is 0 Å². The molecule has 1 aromatic carbocycles. The third kappa shape index (κ3) is 2.90. The first-order valence-electron chi connectivity index (χ1n) is 5.32. The Morgan fingerprint density at radius 2 is 2.11 bits per heavy atom. The highest BCUT2D eigenvalue weighted by atomic mass is 35.5. The predicted molar refractivity (Wildman–Crippen MR) is 69.8 cm³/mol. The molecule has 0 aliphatic carbocycles. The van der Waals surface area contributed by atoms with E-state index in [1.54, 1.807) is 18.2 Å². The van der Waals surface area contributed by atoms with Gasteiger partial charge in [-0.05, 0) is 12.1 Å². The van der Waals surface area contributed by atoms with Crippen LogP contribution in [0.2, 0.25) is 10.0 Å². The zero-order chi connectivity index (χ0) is 13.6. The second kappa shape index (κ2) is 4.78. The molecule has 0 radical (unpaired) electrons. The van der Waals surface area contributed by atoms with E-state index in [0.717, 1.165) is 0 Å². The molecule has 0 aromatic heterocycles. The van der Waals surface area contributed by atoms with Crippen molar-refractivity contribution in [3.63, 3.8) is 0 Å². The first-order chi connectivity index (χ1) is 8.21. The van der Waals surface area contributed by atoms with Gasteiger partial charge in [0.05, 0.1) is 6.61 Å². The topological polar surface area (TPSA) is 55.8 Å². The highest BCUT2D eigenvalue weighted by Crippen LogP contribution is 2.58. The molecular weight excluding hydrogens is 298 g/mol. The van der Waals surface area contributed by atoms with Crippen LogP contribution in [0, 0.1) is 5.41 Å². The van der Waals surface area contributed by atoms with Crippen molar-refractivity contribution < 1.29 is 18.5 Å². The van der Waals surface area contributed by atoms with E-state index in [0.29, 0.717) is 15.6 Å². The van der Waals surface area contributed by atoms with E-state index >= 15 is 0 Å². The smallest absolute Gasteiger partial charge is 0.302 e. The van der Waals surface area contributed by atoms with Crippen LogP contribution >= 0.6 is 31.0 Å². The summed E-state index contributed by atoms with van der Waals surface area (Å²) in [5.41, 5.74) is 0.164. The summed E-state index contributed by atoms with van der Waals surface area (Å²) in [4.78, 5) is 9.43. The van der Waals surface area contributed by atoms with Crippen molar-refractivity contribution in [2.45, 2.75) is 20.0 Å². The number of phosphoric acid groups is 1. The lowest BCUT2D eigenvalue weighted by Gasteiger charge is -2.39. The maximum Gasteiger partial charge on any atom is 0.472 e. The molecule has 1 unspecified atom stereocenters. The summed E-state index contributed by atoms with van der Waals surface area (Å²) in [6, 6.07) is 4.94. The molecule has 0 saturated carbocycles. The highest BCUT2D eigenvalue weighted by molar-refractivity contribution is 7.47. The van der Waals surface area contributed by atoms with Gasteiger partial charge >= 0.3 is 7.82 Å². The maximum absolute atomic E-state index is 11.5. The van der Waals surface area contributed by atoms with Crippen molar-refractivity contribution in [1.29, 1.82) is 0 Å². The summed E-state index contributed by atoms with van der Waals surface area (Å²) in [7, 11) is -4.01. The SMILES string of the molecule is CC1(C)COP(=O)(O)O[C@H]1c1ccc(Cl)cc1Cl. The van der Waals surface area contributed by atoms with Crippen LogP contribution in [0.15, 0.2) is 18.2 Å². The van der Waals surface area contributed by atoms with Gasteiger partial charge in [0, 0.05) is 21.0 Å². The van der Waals surface area contributed by atoms with Gasteiger partial charge in [0.2, 0.25) is 0 Å². The van der Waals surface area contributed by atoms with Gasteiger partial charge < -0.3 is 4.89 Å². The minimum atomic E-state index is -4.01. The standard InChI is InChI=1S/C11H13Cl2O4P/c1-11(2)6-16-18(14,15)17-10(11)8-4-3-7(12)5-9(8)13/h3-5,10H,6H2,1-2H3,(H,14,15)/t10-/m0/s1. The Hall–Kier alpha value is -0.0900. The molecule has 4 nitrogen and oxygen atoms in total. The third-order valence-corrected chi connectivity index (χ3v) is 4.29. The minimum Gasteiger partial charge on any atom is -0.302 e. The minimum absolute atomic E-state index is 0.115. The van der Waals surface area contributed by atoms with Crippen molar-refractivity contribution in [3.05, 3.63) is 33.8 Å². The maximum atomic E-state index is 11.5. The molecule has 1 N–H and O–H groups in total. The molecule has 1 aliphatic rings. The number of rotatable bonds is 1. The van der Waals surface area contributed by atoms with Crippen molar-refractivity contribution in [2.24, 2.45) is 5.41 Å². The van der Waals surface area contributed by atoms with Gasteiger partial charge in [-0.15, -0.1) is 0 Å². The van der Waals surface area contributed by atoms with Crippen LogP contribution in [-0.4, -0.2) is 11.5 Å². The van der Waals surface area contributed by atoms with Crippen LogP contribution in [0.3, 0.4) is 0 Å². The molecule has 0 spiro atoms. The molecule has 1 aliphatic heterocycles. The molecule has 1 aromatic rings. The predicted octanol–water partition coefficient (Wildman–Crippen LogP) is 4.21. The van der Waals surface area contributed by atoms with E-state index in [2.05, 4.69) is 0 Å². The molecule has 7 heteroatoms. The monoisotopic (exact) mass is 310 g/mol. The lowest BCUT2D eigenvalue weighted by molar-refractivity contribution is -0.0472. The third-order valence-electron chi connectivity index (χ3n) is 2.79. The van der Waals surface area contributed by atoms with E-state index in [9.17, 15) is 9.46 Å². The quantitative estimate of drug-likeness (QED) is 0.789. The summed E-state index contributed by atoms with van der Waals surface area (Å²) >= 11 is 11.9. The largest absolute Gasteiger partial charge is 0.472 e. The number of benzene rings is 1. The van der Waals surface area contributed by atoms with Crippen LogP contribution in [0.5, 0.6) is 0 Å². The summed E-state index contributed by atoms with van der Waals surface area (Å²) in [5.74, 6) is 0. The molecule has 18 heavy (non-hydrogen) atoms. The molecule has 1 saturated heterocycles. The molecule has 0 amide bonds. The number of phosphoric ester groups is 1. The van der Waals surface area contributed by atoms with Gasteiger partial charge in [0.15, 0.2) is 0 Å². The fourth-order valence-electron chi connectivity index (χ4n) is 1.82. The first-order valence-corrected chi connectivity index (χ1v) is 7.57. The second-order valence-corrected chi connectivity index (χ2v) is 7.13. The van der Waals surface area contributed by atoms with Gasteiger partial charge in [-0.2, -0.15) is 0 Å². The second-order valence-electron chi connectivity index (χ2n) is 4.88. The van der Waals surface area contributed by atoms with E-state index in [1.165, 1.54) is 0 Å². The normalized spacial score (nSPS) is 31.3. The summed E-state index contributed by atoms with van der Waals surface area (Å²) in [6.07, 6.45) is -0.619. The van der Waals surface area contributed by atoms with Crippen LogP contribution < -0.4 is 0 Å². The van der Waals surface area contributed by atoms with Gasteiger partial charge in [-0.25, -0.2) is 4.57 Å². The average Bonchev–Trinajstić information content (AvgIpc) is 2.23. The molecule has 100 valence electrons. The highest BCUT2D eigenvalue weighted by Gasteiger charge is 2.45. The summed E-state index contributed by atoms with van der Waals surface area (Å²) in [6.45, 7) is 3.87. The van der Waals surface area contributed by atoms with Gasteiger partial charge in [-0.1, -0.05) is 43.1 Å². The molecule has 1 fully saturated rings. The van der Waals surface area contributed by atoms with Gasteiger partial charge in [0.1, 0.15) is 6.10 Å². The van der Waals surface area contributed by atoms with Gasteiger partial charge in [-0.3, -0.25) is 9.05 Å². The van der Waals surface area contributed by atoms with Crippen LogP contribution in [0.1, 0.15) is 25.5 Å². The van der Waals surface area contributed by atoms with Gasteiger partial charge in [0.25, 0.3) is 0 Å². The van der Waals surface area contributed by atoms with Crippen LogP contribution in [-0.2, 0) is 13.6 Å². The first kappa shape index (κ1) is 14.3. The summed E-state index contributed by atoms with van der Waals surface area (Å²) in [5, 5.41) is 0.906. The van der Waals surface area contributed by atoms with E-state index in [4.69, 9.17) is 32.2 Å². The summed E-state index contributed by atoms with van der Waals surface area (Å²) < 4.78 is 21.5. The van der Waals surface area contributed by atoms with Crippen molar-refractivity contribution in [1.82, 2.24) is 0 Å². The fourth-order valence-corrected chi connectivity index (χ4v) is 3.55. The number of hydrogen-bond donors (Lipinski definition) is 1. The Morgan fingerprint density at radius 1 is 1.44 bits per heavy atom. The zero-order valence-corrected chi connectivity index (χ0v) is 12.3. The van der Waals surface area contributed by atoms with Crippen molar-refractivity contribution >= 4 is 31.0 Å². The van der Waals surface area contributed by atoms with Crippen LogP contribution in [0.4, 0.5) is 0 Å². The molecule has 2 atom stereocenters. The fraction of sp³-hybridized carbons (Fsp3) is 0.455. The zero-order valence-electron chi connectivity index (χ0n) is 9.89. The lowest BCUT2D eigenvalue weighted by atomic mass is 9.83. The molecule has 2 rings (SSSR count). The Bertz CT molecular complexity index is 518. The lowest BCUT2D eigenvalue weighted by Crippen LogP contribution is -2.33. The van der Waals surface area contributed by atoms with E-state index in [-0.39, 0.29) is 6.61 Å². The number of hydrogen-bond acceptors (Lipinski definition) is 3.